The molecular formula is C18H21N5O2. The van der Waals surface area contributed by atoms with Gasteiger partial charge in [-0.15, -0.1) is 0 Å². The van der Waals surface area contributed by atoms with Gasteiger partial charge in [-0.05, 0) is 26.0 Å². The number of hydrogen-bond donors (Lipinski definition) is 1. The van der Waals surface area contributed by atoms with Gasteiger partial charge in [-0.3, -0.25) is 14.6 Å². The van der Waals surface area contributed by atoms with Crippen LogP contribution in [0.2, 0.25) is 0 Å². The average molecular weight is 339 g/mol. The molecule has 0 radical (unpaired) electrons. The average Bonchev–Trinajstić information content (AvgIpc) is 3.21. The molecule has 0 saturated heterocycles. The maximum absolute atomic E-state index is 12.2. The minimum atomic E-state index is -0.297. The first-order valence-electron chi connectivity index (χ1n) is 8.56. The van der Waals surface area contributed by atoms with Crippen LogP contribution in [0, 0.1) is 0 Å². The van der Waals surface area contributed by atoms with Gasteiger partial charge in [0.15, 0.2) is 0 Å². The monoisotopic (exact) mass is 339 g/mol. The summed E-state index contributed by atoms with van der Waals surface area (Å²) in [7, 11) is 0. The van der Waals surface area contributed by atoms with Gasteiger partial charge >= 0.3 is 5.97 Å². The highest BCUT2D eigenvalue weighted by Crippen LogP contribution is 2.29. The summed E-state index contributed by atoms with van der Waals surface area (Å²) in [6.07, 6.45) is 5.28. The zero-order valence-corrected chi connectivity index (χ0v) is 14.4. The third-order valence-electron chi connectivity index (χ3n) is 4.77. The molecule has 0 aromatic carbocycles. The van der Waals surface area contributed by atoms with E-state index in [2.05, 4.69) is 33.0 Å². The quantitative estimate of drug-likeness (QED) is 0.739. The van der Waals surface area contributed by atoms with E-state index < -0.39 is 0 Å². The van der Waals surface area contributed by atoms with Crippen molar-refractivity contribution in [1.29, 1.82) is 0 Å². The topological polar surface area (TPSA) is 76.0 Å². The van der Waals surface area contributed by atoms with Gasteiger partial charge in [0, 0.05) is 42.1 Å². The van der Waals surface area contributed by atoms with Crippen LogP contribution in [0.1, 0.15) is 41.6 Å². The smallest absolute Gasteiger partial charge is 0.341 e. The second kappa shape index (κ2) is 6.33. The number of ether oxygens (including phenoxy) is 1. The maximum atomic E-state index is 12.2. The first kappa shape index (κ1) is 15.8. The Morgan fingerprint density at radius 1 is 1.40 bits per heavy atom. The predicted molar refractivity (Wildman–Crippen MR) is 93.1 cm³/mol. The Hall–Kier alpha value is -2.67. The lowest BCUT2D eigenvalue weighted by Gasteiger charge is -2.34. The molecule has 3 aromatic rings. The number of aromatic amines is 1. The molecule has 130 valence electrons. The minimum Gasteiger partial charge on any atom is -0.462 e. The molecule has 4 heterocycles. The van der Waals surface area contributed by atoms with Crippen LogP contribution >= 0.6 is 0 Å². The van der Waals surface area contributed by atoms with E-state index in [0.717, 1.165) is 41.9 Å². The van der Waals surface area contributed by atoms with Gasteiger partial charge < -0.3 is 9.72 Å². The standard InChI is InChI=1S/C18H21N5O2/c1-3-25-18(24)15-10-20-23-7-6-22(12(2)17(15)23)11-14-8-13-9-19-5-4-16(13)21-14/h4-5,8-10,12,21H,3,6-7,11H2,1-2H3. The molecule has 0 saturated carbocycles. The van der Waals surface area contributed by atoms with Gasteiger partial charge in [-0.1, -0.05) is 0 Å². The fourth-order valence-corrected chi connectivity index (χ4v) is 3.52. The number of fused-ring (bicyclic) bond motifs is 2. The van der Waals surface area contributed by atoms with E-state index >= 15 is 0 Å². The molecule has 25 heavy (non-hydrogen) atoms. The molecule has 7 heteroatoms. The Balaban J connectivity index is 1.59. The number of nitrogens with one attached hydrogen (secondary N) is 1. The van der Waals surface area contributed by atoms with Crippen LogP contribution in [-0.2, 0) is 17.8 Å². The molecule has 0 bridgehead atoms. The van der Waals surface area contributed by atoms with Crippen LogP contribution in [-0.4, -0.2) is 43.8 Å². The van der Waals surface area contributed by atoms with E-state index in [0.29, 0.717) is 12.2 Å². The largest absolute Gasteiger partial charge is 0.462 e. The number of aromatic nitrogens is 4. The maximum Gasteiger partial charge on any atom is 0.341 e. The van der Waals surface area contributed by atoms with Gasteiger partial charge in [0.05, 0.1) is 31.1 Å². The summed E-state index contributed by atoms with van der Waals surface area (Å²) in [6, 6.07) is 4.19. The van der Waals surface area contributed by atoms with Crippen molar-refractivity contribution in [2.24, 2.45) is 0 Å². The number of H-pyrrole nitrogens is 1. The number of rotatable bonds is 4. The summed E-state index contributed by atoms with van der Waals surface area (Å²) >= 11 is 0. The predicted octanol–water partition coefficient (Wildman–Crippen LogP) is 2.51. The number of carbonyl (C=O) groups excluding carboxylic acids is 1. The Labute approximate surface area is 145 Å². The summed E-state index contributed by atoms with van der Waals surface area (Å²) in [5.74, 6) is -0.297. The molecule has 4 rings (SSSR count). The molecule has 0 amide bonds. The molecular weight excluding hydrogens is 318 g/mol. The fourth-order valence-electron chi connectivity index (χ4n) is 3.52. The summed E-state index contributed by atoms with van der Waals surface area (Å²) in [6.45, 7) is 6.72. The Kier molecular flexibility index (Phi) is 4.01. The molecule has 0 fully saturated rings. The molecule has 1 aliphatic heterocycles. The zero-order chi connectivity index (χ0) is 17.4. The molecule has 1 N–H and O–H groups in total. The van der Waals surface area contributed by atoms with Crippen LogP contribution in [0.4, 0.5) is 0 Å². The second-order valence-corrected chi connectivity index (χ2v) is 6.29. The van der Waals surface area contributed by atoms with E-state index in [1.165, 1.54) is 0 Å². The highest BCUT2D eigenvalue weighted by Gasteiger charge is 2.30. The second-order valence-electron chi connectivity index (χ2n) is 6.29. The fraction of sp³-hybridized carbons (Fsp3) is 0.389. The summed E-state index contributed by atoms with van der Waals surface area (Å²) < 4.78 is 7.09. The first-order chi connectivity index (χ1) is 12.2. The third-order valence-corrected chi connectivity index (χ3v) is 4.77. The molecule has 1 unspecified atom stereocenters. The van der Waals surface area contributed by atoms with E-state index in [1.54, 1.807) is 12.4 Å². The zero-order valence-electron chi connectivity index (χ0n) is 14.4. The summed E-state index contributed by atoms with van der Waals surface area (Å²) in [4.78, 5) is 22.1. The van der Waals surface area contributed by atoms with Crippen molar-refractivity contribution in [1.82, 2.24) is 24.6 Å². The van der Waals surface area contributed by atoms with Crippen LogP contribution in [0.5, 0.6) is 0 Å². The third kappa shape index (κ3) is 2.80. The lowest BCUT2D eigenvalue weighted by Crippen LogP contribution is -2.37. The number of carbonyl (C=O) groups is 1. The van der Waals surface area contributed by atoms with Gasteiger partial charge in [0.25, 0.3) is 0 Å². The van der Waals surface area contributed by atoms with Gasteiger partial charge in [0.2, 0.25) is 0 Å². The van der Waals surface area contributed by atoms with Gasteiger partial charge in [0.1, 0.15) is 5.56 Å². The van der Waals surface area contributed by atoms with Gasteiger partial charge in [-0.25, -0.2) is 4.79 Å². The van der Waals surface area contributed by atoms with Gasteiger partial charge in [-0.2, -0.15) is 5.10 Å². The normalized spacial score (nSPS) is 17.6. The molecule has 3 aromatic heterocycles. The Bertz CT molecular complexity index is 880. The van der Waals surface area contributed by atoms with E-state index in [4.69, 9.17) is 4.74 Å². The highest BCUT2D eigenvalue weighted by atomic mass is 16.5. The SMILES string of the molecule is CCOC(=O)c1cnn2c1C(C)N(Cc1cc3cnccc3[nH]1)CC2. The first-order valence-corrected chi connectivity index (χ1v) is 8.56. The lowest BCUT2D eigenvalue weighted by atomic mass is 10.1. The van der Waals surface area contributed by atoms with Crippen molar-refractivity contribution in [3.05, 3.63) is 47.7 Å². The molecule has 1 aliphatic rings. The van der Waals surface area contributed by atoms with Crippen molar-refractivity contribution in [3.8, 4) is 0 Å². The molecule has 0 spiro atoms. The van der Waals surface area contributed by atoms with Crippen LogP contribution < -0.4 is 0 Å². The van der Waals surface area contributed by atoms with E-state index in [1.807, 2.05) is 23.9 Å². The highest BCUT2D eigenvalue weighted by molar-refractivity contribution is 5.90. The van der Waals surface area contributed by atoms with Crippen LogP contribution in [0.25, 0.3) is 10.9 Å². The number of nitrogens with zero attached hydrogens (tertiary/aromatic N) is 4. The van der Waals surface area contributed by atoms with Crippen LogP contribution in [0.15, 0.2) is 30.7 Å². The van der Waals surface area contributed by atoms with Crippen molar-refractivity contribution >= 4 is 16.9 Å². The number of pyridine rings is 1. The van der Waals surface area contributed by atoms with Crippen molar-refractivity contribution in [2.45, 2.75) is 33.0 Å². The van der Waals surface area contributed by atoms with Crippen molar-refractivity contribution in [2.75, 3.05) is 13.2 Å². The van der Waals surface area contributed by atoms with E-state index in [9.17, 15) is 4.79 Å². The molecule has 0 aliphatic carbocycles. The Morgan fingerprint density at radius 2 is 2.28 bits per heavy atom. The minimum absolute atomic E-state index is 0.0835. The van der Waals surface area contributed by atoms with Crippen molar-refractivity contribution < 1.29 is 9.53 Å². The number of esters is 1. The summed E-state index contributed by atoms with van der Waals surface area (Å²) in [5.41, 5.74) is 3.73. The molecule has 1 atom stereocenters. The van der Waals surface area contributed by atoms with E-state index in [-0.39, 0.29) is 12.0 Å². The molecule has 7 nitrogen and oxygen atoms in total. The lowest BCUT2D eigenvalue weighted by molar-refractivity contribution is 0.0519. The van der Waals surface area contributed by atoms with Crippen molar-refractivity contribution in [3.63, 3.8) is 0 Å². The van der Waals surface area contributed by atoms with Crippen LogP contribution in [0.3, 0.4) is 0 Å². The Morgan fingerprint density at radius 3 is 3.08 bits per heavy atom. The number of hydrogen-bond acceptors (Lipinski definition) is 5. The summed E-state index contributed by atoms with van der Waals surface area (Å²) in [5, 5.41) is 5.47.